The van der Waals surface area contributed by atoms with Crippen LogP contribution in [0.3, 0.4) is 0 Å². The smallest absolute Gasteiger partial charge is 0.375 e. The summed E-state index contributed by atoms with van der Waals surface area (Å²) in [5, 5.41) is 8.11. The quantitative estimate of drug-likeness (QED) is 0.667. The van der Waals surface area contributed by atoms with Crippen LogP contribution in [0.5, 0.6) is 0 Å². The molecule has 1 N–H and O–H groups in total. The molecule has 6 heteroatoms. The number of aliphatic carboxylic acids is 1. The number of halogens is 2. The molecule has 14 heavy (non-hydrogen) atoms. The first-order valence-corrected chi connectivity index (χ1v) is 5.35. The molecule has 0 radical (unpaired) electrons. The molecule has 0 aliphatic heterocycles. The lowest BCUT2D eigenvalue weighted by molar-refractivity contribution is -0.161. The first-order chi connectivity index (χ1) is 6.36. The molecule has 0 atom stereocenters. The van der Waals surface area contributed by atoms with E-state index < -0.39 is 17.6 Å². The molecule has 84 valence electrons. The fourth-order valence-electron chi connectivity index (χ4n) is 0.745. The maximum atomic E-state index is 12.5. The van der Waals surface area contributed by atoms with Gasteiger partial charge in [0.1, 0.15) is 0 Å². The maximum Gasteiger partial charge on any atom is 0.375 e. The number of carboxylic acids is 1. The highest BCUT2D eigenvalue weighted by molar-refractivity contribution is 7.99. The molecule has 0 fully saturated rings. The molecule has 0 aromatic heterocycles. The van der Waals surface area contributed by atoms with Crippen molar-refractivity contribution in [1.29, 1.82) is 0 Å². The Morgan fingerprint density at radius 3 is 2.50 bits per heavy atom. The zero-order valence-electron chi connectivity index (χ0n) is 8.30. The van der Waals surface area contributed by atoms with Gasteiger partial charge in [-0.25, -0.2) is 4.79 Å². The molecule has 0 aliphatic carbocycles. The van der Waals surface area contributed by atoms with Crippen molar-refractivity contribution in [3.8, 4) is 0 Å². The molecular weight excluding hydrogens is 212 g/mol. The Hall–Kier alpha value is -0.360. The van der Waals surface area contributed by atoms with E-state index in [4.69, 9.17) is 5.11 Å². The van der Waals surface area contributed by atoms with Gasteiger partial charge in [0.2, 0.25) is 0 Å². The molecule has 0 aromatic carbocycles. The standard InChI is InChI=1S/C8H15F2NO2S/c1-11(2)4-3-5-14-6-8(9,10)7(12)13/h3-6H2,1-2H3,(H,12,13). The number of hydrogen-bond donors (Lipinski definition) is 1. The molecule has 0 unspecified atom stereocenters. The summed E-state index contributed by atoms with van der Waals surface area (Å²) in [6.07, 6.45) is 0.785. The number of rotatable bonds is 7. The fraction of sp³-hybridized carbons (Fsp3) is 0.875. The van der Waals surface area contributed by atoms with Crippen molar-refractivity contribution in [1.82, 2.24) is 4.90 Å². The molecule has 0 aromatic rings. The van der Waals surface area contributed by atoms with Crippen LogP contribution in [0.2, 0.25) is 0 Å². The largest absolute Gasteiger partial charge is 0.477 e. The van der Waals surface area contributed by atoms with Gasteiger partial charge in [0, 0.05) is 0 Å². The molecule has 0 saturated heterocycles. The van der Waals surface area contributed by atoms with Crippen molar-refractivity contribution >= 4 is 17.7 Å². The summed E-state index contributed by atoms with van der Waals surface area (Å²) in [6, 6.07) is 0. The summed E-state index contributed by atoms with van der Waals surface area (Å²) in [7, 11) is 3.80. The fourth-order valence-corrected chi connectivity index (χ4v) is 1.60. The summed E-state index contributed by atoms with van der Waals surface area (Å²) >= 11 is 0.973. The lowest BCUT2D eigenvalue weighted by Gasteiger charge is -2.11. The third-order valence-corrected chi connectivity index (χ3v) is 2.63. The van der Waals surface area contributed by atoms with E-state index in [2.05, 4.69) is 0 Å². The van der Waals surface area contributed by atoms with Gasteiger partial charge in [-0.3, -0.25) is 0 Å². The summed E-state index contributed by atoms with van der Waals surface area (Å²) < 4.78 is 25.0. The Bertz CT molecular complexity index is 188. The van der Waals surface area contributed by atoms with Gasteiger partial charge >= 0.3 is 11.9 Å². The van der Waals surface area contributed by atoms with Gasteiger partial charge in [-0.15, -0.1) is 0 Å². The van der Waals surface area contributed by atoms with Crippen molar-refractivity contribution in [2.45, 2.75) is 12.3 Å². The van der Waals surface area contributed by atoms with Gasteiger partial charge in [0.05, 0.1) is 5.75 Å². The van der Waals surface area contributed by atoms with Crippen LogP contribution in [0.4, 0.5) is 8.78 Å². The average molecular weight is 227 g/mol. The molecule has 0 amide bonds. The summed E-state index contributed by atoms with van der Waals surface area (Å²) in [4.78, 5) is 12.0. The summed E-state index contributed by atoms with van der Waals surface area (Å²) in [5.41, 5.74) is 0. The Morgan fingerprint density at radius 1 is 1.50 bits per heavy atom. The van der Waals surface area contributed by atoms with Gasteiger partial charge in [0.15, 0.2) is 0 Å². The van der Waals surface area contributed by atoms with Crippen LogP contribution in [-0.2, 0) is 4.79 Å². The molecule has 3 nitrogen and oxygen atoms in total. The van der Waals surface area contributed by atoms with E-state index in [1.807, 2.05) is 19.0 Å². The zero-order chi connectivity index (χ0) is 11.2. The second-order valence-corrected chi connectivity index (χ2v) is 4.32. The van der Waals surface area contributed by atoms with E-state index in [0.717, 1.165) is 24.7 Å². The highest BCUT2D eigenvalue weighted by atomic mass is 32.2. The minimum absolute atomic E-state index is 0.557. The predicted octanol–water partition coefficient (Wildman–Crippen LogP) is 1.39. The van der Waals surface area contributed by atoms with Crippen LogP contribution in [-0.4, -0.2) is 54.0 Å². The topological polar surface area (TPSA) is 40.5 Å². The van der Waals surface area contributed by atoms with Gasteiger partial charge in [-0.05, 0) is 32.8 Å². The minimum atomic E-state index is -3.59. The SMILES string of the molecule is CN(C)CCCSCC(F)(F)C(=O)O. The van der Waals surface area contributed by atoms with E-state index in [0.29, 0.717) is 5.75 Å². The lowest BCUT2D eigenvalue weighted by Crippen LogP contribution is -2.31. The summed E-state index contributed by atoms with van der Waals surface area (Å²) in [5.74, 6) is -5.72. The summed E-state index contributed by atoms with van der Waals surface area (Å²) in [6.45, 7) is 0.825. The average Bonchev–Trinajstić information content (AvgIpc) is 2.02. The molecule has 0 spiro atoms. The minimum Gasteiger partial charge on any atom is -0.477 e. The van der Waals surface area contributed by atoms with Gasteiger partial charge in [0.25, 0.3) is 0 Å². The van der Waals surface area contributed by atoms with Crippen LogP contribution in [0.15, 0.2) is 0 Å². The number of alkyl halides is 2. The van der Waals surface area contributed by atoms with Crippen molar-refractivity contribution in [3.05, 3.63) is 0 Å². The van der Waals surface area contributed by atoms with Crippen molar-refractivity contribution in [2.24, 2.45) is 0 Å². The highest BCUT2D eigenvalue weighted by Gasteiger charge is 2.38. The third-order valence-electron chi connectivity index (χ3n) is 1.49. The molecule has 0 heterocycles. The number of hydrogen-bond acceptors (Lipinski definition) is 3. The van der Waals surface area contributed by atoms with Gasteiger partial charge in [-0.1, -0.05) is 0 Å². The van der Waals surface area contributed by atoms with E-state index in [-0.39, 0.29) is 0 Å². The van der Waals surface area contributed by atoms with Crippen molar-refractivity contribution in [2.75, 3.05) is 32.1 Å². The van der Waals surface area contributed by atoms with Crippen LogP contribution < -0.4 is 0 Å². The Balaban J connectivity index is 3.49. The van der Waals surface area contributed by atoms with Gasteiger partial charge < -0.3 is 10.0 Å². The van der Waals surface area contributed by atoms with E-state index in [1.165, 1.54) is 0 Å². The molecular formula is C8H15F2NO2S. The number of carbonyl (C=O) groups is 1. The van der Waals surface area contributed by atoms with E-state index >= 15 is 0 Å². The monoisotopic (exact) mass is 227 g/mol. The number of nitrogens with zero attached hydrogens (tertiary/aromatic N) is 1. The van der Waals surface area contributed by atoms with E-state index in [9.17, 15) is 13.6 Å². The molecule has 0 aliphatic rings. The zero-order valence-corrected chi connectivity index (χ0v) is 9.11. The second-order valence-electron chi connectivity index (χ2n) is 3.22. The van der Waals surface area contributed by atoms with Crippen LogP contribution in [0.1, 0.15) is 6.42 Å². The first-order valence-electron chi connectivity index (χ1n) is 4.20. The Morgan fingerprint density at radius 2 is 2.07 bits per heavy atom. The molecule has 0 rings (SSSR count). The first kappa shape index (κ1) is 13.6. The van der Waals surface area contributed by atoms with E-state index in [1.54, 1.807) is 0 Å². The van der Waals surface area contributed by atoms with Crippen LogP contribution >= 0.6 is 11.8 Å². The number of carboxylic acid groups (broad SMARTS) is 1. The van der Waals surface area contributed by atoms with Crippen LogP contribution in [0.25, 0.3) is 0 Å². The Labute approximate surface area is 86.5 Å². The second kappa shape index (κ2) is 6.19. The lowest BCUT2D eigenvalue weighted by atomic mass is 10.4. The normalized spacial score (nSPS) is 12.1. The predicted molar refractivity (Wildman–Crippen MR) is 53.1 cm³/mol. The number of thioether (sulfide) groups is 1. The van der Waals surface area contributed by atoms with Crippen LogP contribution in [0, 0.1) is 0 Å². The van der Waals surface area contributed by atoms with Gasteiger partial charge in [-0.2, -0.15) is 20.5 Å². The Kier molecular flexibility index (Phi) is 6.03. The van der Waals surface area contributed by atoms with Crippen molar-refractivity contribution < 1.29 is 18.7 Å². The maximum absolute atomic E-state index is 12.5. The molecule has 0 saturated carbocycles. The highest BCUT2D eigenvalue weighted by Crippen LogP contribution is 2.20. The van der Waals surface area contributed by atoms with Crippen molar-refractivity contribution in [3.63, 3.8) is 0 Å². The molecule has 0 bridgehead atoms. The third kappa shape index (κ3) is 6.15.